The maximum atomic E-state index is 5.21. The predicted molar refractivity (Wildman–Crippen MR) is 101 cm³/mol. The summed E-state index contributed by atoms with van der Waals surface area (Å²) in [6.07, 6.45) is 12.4. The number of allylic oxidation sites excluding steroid dienone is 3. The SMILES string of the molecule is C(=C1\CCc2cc3c(nc21)C(=C1CCCC1)CC3)/c1ccccc1. The molecule has 1 heterocycles. The van der Waals surface area contributed by atoms with Gasteiger partial charge in [-0.15, -0.1) is 0 Å². The van der Waals surface area contributed by atoms with Gasteiger partial charge in [-0.1, -0.05) is 42.0 Å². The van der Waals surface area contributed by atoms with Gasteiger partial charge in [-0.3, -0.25) is 0 Å². The Kier molecular flexibility index (Phi) is 3.40. The second kappa shape index (κ2) is 5.73. The highest BCUT2D eigenvalue weighted by atomic mass is 14.7. The van der Waals surface area contributed by atoms with E-state index in [0.29, 0.717) is 0 Å². The zero-order valence-corrected chi connectivity index (χ0v) is 14.1. The summed E-state index contributed by atoms with van der Waals surface area (Å²) in [5, 5.41) is 0. The van der Waals surface area contributed by atoms with E-state index in [-0.39, 0.29) is 0 Å². The minimum Gasteiger partial charge on any atom is -0.248 e. The lowest BCUT2D eigenvalue weighted by Gasteiger charge is -2.09. The molecule has 0 amide bonds. The molecule has 24 heavy (non-hydrogen) atoms. The first-order chi connectivity index (χ1) is 11.9. The van der Waals surface area contributed by atoms with Crippen LogP contribution < -0.4 is 0 Å². The summed E-state index contributed by atoms with van der Waals surface area (Å²) in [6.45, 7) is 0. The molecule has 1 heteroatoms. The molecule has 1 fully saturated rings. The van der Waals surface area contributed by atoms with Crippen molar-refractivity contribution in [3.05, 3.63) is 70.0 Å². The van der Waals surface area contributed by atoms with Crippen LogP contribution in [0.3, 0.4) is 0 Å². The molecular weight excluding hydrogens is 290 g/mol. The summed E-state index contributed by atoms with van der Waals surface area (Å²) in [5.74, 6) is 0. The number of fused-ring (bicyclic) bond motifs is 2. The second-order valence-corrected chi connectivity index (χ2v) is 7.37. The van der Waals surface area contributed by atoms with Gasteiger partial charge < -0.3 is 0 Å². The van der Waals surface area contributed by atoms with Crippen LogP contribution in [0.5, 0.6) is 0 Å². The lowest BCUT2D eigenvalue weighted by atomic mass is 10.0. The summed E-state index contributed by atoms with van der Waals surface area (Å²) >= 11 is 0. The quantitative estimate of drug-likeness (QED) is 0.644. The molecule has 0 radical (unpaired) electrons. The van der Waals surface area contributed by atoms with Gasteiger partial charge in [0.15, 0.2) is 0 Å². The highest BCUT2D eigenvalue weighted by molar-refractivity contribution is 5.85. The normalized spacial score (nSPS) is 20.8. The van der Waals surface area contributed by atoms with Gasteiger partial charge in [0.05, 0.1) is 11.4 Å². The molecule has 0 aliphatic heterocycles. The van der Waals surface area contributed by atoms with Gasteiger partial charge in [0.25, 0.3) is 0 Å². The molecule has 3 aliphatic rings. The van der Waals surface area contributed by atoms with Crippen molar-refractivity contribution < 1.29 is 0 Å². The van der Waals surface area contributed by atoms with Gasteiger partial charge in [0, 0.05) is 0 Å². The van der Waals surface area contributed by atoms with Gasteiger partial charge >= 0.3 is 0 Å². The molecule has 0 atom stereocenters. The Morgan fingerprint density at radius 3 is 2.33 bits per heavy atom. The summed E-state index contributed by atoms with van der Waals surface area (Å²) in [6, 6.07) is 13.1. The van der Waals surface area contributed by atoms with E-state index in [4.69, 9.17) is 4.98 Å². The number of aromatic nitrogens is 1. The van der Waals surface area contributed by atoms with Crippen LogP contribution in [-0.2, 0) is 12.8 Å². The number of benzene rings is 1. The van der Waals surface area contributed by atoms with Crippen LogP contribution in [0.25, 0.3) is 17.2 Å². The Bertz CT molecular complexity index is 847. The molecule has 3 aliphatic carbocycles. The molecule has 0 bridgehead atoms. The molecule has 1 aromatic carbocycles. The minimum absolute atomic E-state index is 1.13. The van der Waals surface area contributed by atoms with Crippen LogP contribution in [0.1, 0.15) is 66.6 Å². The maximum Gasteiger partial charge on any atom is 0.0701 e. The molecule has 1 saturated carbocycles. The molecule has 0 spiro atoms. The summed E-state index contributed by atoms with van der Waals surface area (Å²) < 4.78 is 0. The van der Waals surface area contributed by atoms with Gasteiger partial charge in [-0.25, -0.2) is 4.98 Å². The Balaban J connectivity index is 1.59. The van der Waals surface area contributed by atoms with Crippen molar-refractivity contribution in [2.75, 3.05) is 0 Å². The third-order valence-corrected chi connectivity index (χ3v) is 5.85. The standard InChI is InChI=1S/C23H23N/c1-2-6-16(7-3-1)14-18-10-11-19-15-20-12-13-21(17-8-4-5-9-17)23(20)24-22(18)19/h1-3,6-7,14-15H,4-5,8-13H2/b18-14-. The highest BCUT2D eigenvalue weighted by Crippen LogP contribution is 2.42. The molecule has 0 unspecified atom stereocenters. The molecule has 0 saturated heterocycles. The van der Waals surface area contributed by atoms with E-state index in [2.05, 4.69) is 42.5 Å². The zero-order valence-electron chi connectivity index (χ0n) is 14.1. The summed E-state index contributed by atoms with van der Waals surface area (Å²) in [4.78, 5) is 5.21. The molecule has 120 valence electrons. The molecule has 1 aromatic heterocycles. The fraction of sp³-hybridized carbons (Fsp3) is 0.348. The van der Waals surface area contributed by atoms with Crippen molar-refractivity contribution in [2.24, 2.45) is 0 Å². The Morgan fingerprint density at radius 2 is 1.50 bits per heavy atom. The zero-order chi connectivity index (χ0) is 15.9. The number of hydrogen-bond donors (Lipinski definition) is 0. The second-order valence-electron chi connectivity index (χ2n) is 7.37. The van der Waals surface area contributed by atoms with Crippen LogP contribution >= 0.6 is 0 Å². The van der Waals surface area contributed by atoms with Crippen molar-refractivity contribution in [3.63, 3.8) is 0 Å². The first kappa shape index (κ1) is 14.2. The van der Waals surface area contributed by atoms with Crippen molar-refractivity contribution in [3.8, 4) is 0 Å². The number of nitrogens with zero attached hydrogens (tertiary/aromatic N) is 1. The van der Waals surface area contributed by atoms with E-state index < -0.39 is 0 Å². The monoisotopic (exact) mass is 313 g/mol. The van der Waals surface area contributed by atoms with Crippen LogP contribution in [0.2, 0.25) is 0 Å². The van der Waals surface area contributed by atoms with Crippen LogP contribution in [0, 0.1) is 0 Å². The van der Waals surface area contributed by atoms with Gasteiger partial charge in [-0.2, -0.15) is 0 Å². The lowest BCUT2D eigenvalue weighted by Crippen LogP contribution is -1.96. The van der Waals surface area contributed by atoms with E-state index in [1.807, 2.05) is 0 Å². The van der Waals surface area contributed by atoms with Crippen LogP contribution in [-0.4, -0.2) is 4.98 Å². The van der Waals surface area contributed by atoms with Crippen molar-refractivity contribution in [1.82, 2.24) is 4.98 Å². The molecule has 5 rings (SSSR count). The minimum atomic E-state index is 1.13. The molecular formula is C23H23N. The van der Waals surface area contributed by atoms with Crippen molar-refractivity contribution in [1.29, 1.82) is 0 Å². The lowest BCUT2D eigenvalue weighted by molar-refractivity contribution is 0.886. The van der Waals surface area contributed by atoms with Crippen LogP contribution in [0.15, 0.2) is 42.0 Å². The van der Waals surface area contributed by atoms with E-state index in [0.717, 1.165) is 12.8 Å². The van der Waals surface area contributed by atoms with Crippen molar-refractivity contribution in [2.45, 2.75) is 51.4 Å². The average molecular weight is 313 g/mol. The number of hydrogen-bond acceptors (Lipinski definition) is 1. The highest BCUT2D eigenvalue weighted by Gasteiger charge is 2.27. The molecule has 2 aromatic rings. The fourth-order valence-corrected chi connectivity index (χ4v) is 4.63. The van der Waals surface area contributed by atoms with E-state index in [1.165, 1.54) is 72.2 Å². The molecule has 1 nitrogen and oxygen atoms in total. The number of aryl methyl sites for hydroxylation is 2. The third kappa shape index (κ3) is 2.34. The number of rotatable bonds is 1. The Morgan fingerprint density at radius 1 is 0.750 bits per heavy atom. The first-order valence-corrected chi connectivity index (χ1v) is 9.38. The topological polar surface area (TPSA) is 12.9 Å². The maximum absolute atomic E-state index is 5.21. The summed E-state index contributed by atoms with van der Waals surface area (Å²) in [5.41, 5.74) is 11.6. The fourth-order valence-electron chi connectivity index (χ4n) is 4.63. The van der Waals surface area contributed by atoms with Crippen LogP contribution in [0.4, 0.5) is 0 Å². The average Bonchev–Trinajstić information content (AvgIpc) is 3.34. The molecule has 0 N–H and O–H groups in total. The Hall–Kier alpha value is -2.15. The van der Waals surface area contributed by atoms with Gasteiger partial charge in [0.2, 0.25) is 0 Å². The van der Waals surface area contributed by atoms with E-state index in [1.54, 1.807) is 11.1 Å². The van der Waals surface area contributed by atoms with Gasteiger partial charge in [0.1, 0.15) is 0 Å². The third-order valence-electron chi connectivity index (χ3n) is 5.85. The largest absolute Gasteiger partial charge is 0.248 e. The van der Waals surface area contributed by atoms with E-state index in [9.17, 15) is 0 Å². The van der Waals surface area contributed by atoms with Crippen molar-refractivity contribution >= 4 is 17.2 Å². The first-order valence-electron chi connectivity index (χ1n) is 9.38. The Labute approximate surface area is 144 Å². The summed E-state index contributed by atoms with van der Waals surface area (Å²) in [7, 11) is 0. The van der Waals surface area contributed by atoms with Gasteiger partial charge in [-0.05, 0) is 85.3 Å². The predicted octanol–water partition coefficient (Wildman–Crippen LogP) is 5.84. The number of pyridine rings is 1. The smallest absolute Gasteiger partial charge is 0.0701 e. The van der Waals surface area contributed by atoms with E-state index >= 15 is 0 Å².